The first kappa shape index (κ1) is 22.2. The van der Waals surface area contributed by atoms with Gasteiger partial charge in [-0.05, 0) is 50.5 Å². The molecule has 1 unspecified atom stereocenters. The number of ether oxygens (including phenoxy) is 1. The molecule has 0 aliphatic heterocycles. The van der Waals surface area contributed by atoms with Gasteiger partial charge in [-0.1, -0.05) is 32.8 Å². The first-order valence-corrected chi connectivity index (χ1v) is 11.2. The smallest absolute Gasteiger partial charge is 0.140 e. The first-order chi connectivity index (χ1) is 14.5. The zero-order chi connectivity index (χ0) is 21.5. The lowest BCUT2D eigenvalue weighted by atomic mass is 10.1. The number of aromatic nitrogens is 2. The zero-order valence-corrected chi connectivity index (χ0v) is 18.8. The van der Waals surface area contributed by atoms with E-state index >= 15 is 0 Å². The lowest BCUT2D eigenvalue weighted by Gasteiger charge is -2.26. The normalized spacial score (nSPS) is 12.3. The van der Waals surface area contributed by atoms with Crippen molar-refractivity contribution < 1.29 is 9.84 Å². The summed E-state index contributed by atoms with van der Waals surface area (Å²) in [4.78, 5) is 7.30. The Morgan fingerprint density at radius 3 is 2.50 bits per heavy atom. The van der Waals surface area contributed by atoms with Crippen molar-refractivity contribution in [3.05, 3.63) is 48.3 Å². The lowest BCUT2D eigenvalue weighted by Crippen LogP contribution is -2.25. The molecule has 0 aliphatic carbocycles. The average molecular weight is 410 g/mol. The molecule has 0 saturated heterocycles. The van der Waals surface area contributed by atoms with E-state index in [0.717, 1.165) is 41.3 Å². The molecule has 1 N–H and O–H groups in total. The van der Waals surface area contributed by atoms with E-state index in [1.54, 1.807) is 6.92 Å². The molecule has 3 aromatic rings. The van der Waals surface area contributed by atoms with Crippen molar-refractivity contribution in [1.82, 2.24) is 9.38 Å². The van der Waals surface area contributed by atoms with Gasteiger partial charge in [0.2, 0.25) is 0 Å². The van der Waals surface area contributed by atoms with Crippen LogP contribution in [0.2, 0.25) is 0 Å². The molecule has 0 radical (unpaired) electrons. The van der Waals surface area contributed by atoms with Gasteiger partial charge in [0.15, 0.2) is 0 Å². The predicted molar refractivity (Wildman–Crippen MR) is 125 cm³/mol. The van der Waals surface area contributed by atoms with Crippen molar-refractivity contribution in [2.45, 2.75) is 59.5 Å². The number of hydrogen-bond donors (Lipinski definition) is 1. The molecule has 3 rings (SSSR count). The highest BCUT2D eigenvalue weighted by Crippen LogP contribution is 2.34. The van der Waals surface area contributed by atoms with Crippen molar-refractivity contribution in [2.24, 2.45) is 0 Å². The number of unbranched alkanes of at least 4 members (excludes halogenated alkanes) is 2. The molecular formula is C25H35N3O2. The zero-order valence-electron chi connectivity index (χ0n) is 18.8. The van der Waals surface area contributed by atoms with Gasteiger partial charge in [0, 0.05) is 42.8 Å². The van der Waals surface area contributed by atoms with Crippen LogP contribution in [-0.4, -0.2) is 40.3 Å². The van der Waals surface area contributed by atoms with Crippen LogP contribution in [0, 0.1) is 6.92 Å². The number of rotatable bonds is 11. The van der Waals surface area contributed by atoms with Crippen molar-refractivity contribution in [3.63, 3.8) is 0 Å². The number of benzene rings is 1. The van der Waals surface area contributed by atoms with E-state index < -0.39 is 6.10 Å². The summed E-state index contributed by atoms with van der Waals surface area (Å²) in [5.41, 5.74) is 5.09. The van der Waals surface area contributed by atoms with Crippen LogP contribution in [0.15, 0.2) is 42.7 Å². The minimum Gasteiger partial charge on any atom is -0.490 e. The third-order valence-corrected chi connectivity index (χ3v) is 5.33. The Labute approximate surface area is 180 Å². The fourth-order valence-electron chi connectivity index (χ4n) is 3.60. The molecule has 0 spiro atoms. The second kappa shape index (κ2) is 10.5. The lowest BCUT2D eigenvalue weighted by molar-refractivity contribution is 0.123. The highest BCUT2D eigenvalue weighted by molar-refractivity contribution is 5.73. The molecule has 0 bridgehead atoms. The van der Waals surface area contributed by atoms with Gasteiger partial charge in [-0.25, -0.2) is 4.98 Å². The van der Waals surface area contributed by atoms with Crippen LogP contribution in [0.4, 0.5) is 5.69 Å². The summed E-state index contributed by atoms with van der Waals surface area (Å²) in [6.45, 7) is 10.6. The van der Waals surface area contributed by atoms with E-state index in [9.17, 15) is 5.11 Å². The fourth-order valence-corrected chi connectivity index (χ4v) is 3.60. The number of fused-ring (bicyclic) bond motifs is 1. The number of aliphatic hydroxyl groups is 1. The summed E-state index contributed by atoms with van der Waals surface area (Å²) in [7, 11) is 0. The van der Waals surface area contributed by atoms with Gasteiger partial charge in [0.25, 0.3) is 0 Å². The van der Waals surface area contributed by atoms with Crippen LogP contribution in [0.3, 0.4) is 0 Å². The number of hydrogen-bond acceptors (Lipinski definition) is 4. The molecule has 1 atom stereocenters. The topological polar surface area (TPSA) is 50.0 Å². The Kier molecular flexibility index (Phi) is 7.75. The number of aliphatic hydroxyl groups excluding tert-OH is 1. The van der Waals surface area contributed by atoms with Gasteiger partial charge in [0.05, 0.1) is 11.8 Å². The van der Waals surface area contributed by atoms with E-state index in [-0.39, 0.29) is 6.61 Å². The third-order valence-electron chi connectivity index (χ3n) is 5.33. The molecule has 1 aromatic carbocycles. The SMILES string of the molecule is CCCCN(CCCC)c1ccc(-c2cn3cccc(C)c3n2)c(OCC(C)O)c1. The van der Waals surface area contributed by atoms with Gasteiger partial charge in [-0.3, -0.25) is 0 Å². The molecule has 0 saturated carbocycles. The third kappa shape index (κ3) is 5.33. The number of anilines is 1. The van der Waals surface area contributed by atoms with Crippen LogP contribution in [-0.2, 0) is 0 Å². The quantitative estimate of drug-likeness (QED) is 0.456. The summed E-state index contributed by atoms with van der Waals surface area (Å²) < 4.78 is 8.10. The monoisotopic (exact) mass is 409 g/mol. The highest BCUT2D eigenvalue weighted by Gasteiger charge is 2.15. The van der Waals surface area contributed by atoms with Gasteiger partial charge < -0.3 is 19.1 Å². The van der Waals surface area contributed by atoms with Crippen LogP contribution in [0.1, 0.15) is 52.0 Å². The van der Waals surface area contributed by atoms with Crippen LogP contribution < -0.4 is 9.64 Å². The molecule has 2 heterocycles. The molecule has 5 heteroatoms. The minimum atomic E-state index is -0.527. The fraction of sp³-hybridized carbons (Fsp3) is 0.480. The number of pyridine rings is 1. The molecule has 5 nitrogen and oxygen atoms in total. The molecule has 30 heavy (non-hydrogen) atoms. The Bertz CT molecular complexity index is 941. The van der Waals surface area contributed by atoms with Gasteiger partial charge in [0.1, 0.15) is 18.0 Å². The summed E-state index contributed by atoms with van der Waals surface area (Å²) in [6.07, 6.45) is 8.21. The molecule has 0 amide bonds. The van der Waals surface area contributed by atoms with E-state index in [2.05, 4.69) is 49.9 Å². The summed E-state index contributed by atoms with van der Waals surface area (Å²) >= 11 is 0. The van der Waals surface area contributed by atoms with Crippen LogP contribution in [0.25, 0.3) is 16.9 Å². The number of aryl methyl sites for hydroxylation is 1. The highest BCUT2D eigenvalue weighted by atomic mass is 16.5. The maximum absolute atomic E-state index is 9.78. The Hall–Kier alpha value is -2.53. The van der Waals surface area contributed by atoms with E-state index in [1.165, 1.54) is 31.4 Å². The van der Waals surface area contributed by atoms with Crippen molar-refractivity contribution >= 4 is 11.3 Å². The van der Waals surface area contributed by atoms with Gasteiger partial charge in [-0.15, -0.1) is 0 Å². The van der Waals surface area contributed by atoms with Crippen LogP contribution >= 0.6 is 0 Å². The minimum absolute atomic E-state index is 0.257. The largest absolute Gasteiger partial charge is 0.490 e. The molecule has 0 fully saturated rings. The average Bonchev–Trinajstić information content (AvgIpc) is 3.18. The number of nitrogens with zero attached hydrogens (tertiary/aromatic N) is 3. The second-order valence-electron chi connectivity index (χ2n) is 8.08. The molecule has 2 aromatic heterocycles. The Morgan fingerprint density at radius 2 is 1.87 bits per heavy atom. The predicted octanol–water partition coefficient (Wildman–Crippen LogP) is 5.48. The van der Waals surface area contributed by atoms with Crippen LogP contribution in [0.5, 0.6) is 5.75 Å². The van der Waals surface area contributed by atoms with Crippen molar-refractivity contribution in [3.8, 4) is 17.0 Å². The van der Waals surface area contributed by atoms with E-state index in [0.29, 0.717) is 0 Å². The standard InChI is InChI=1S/C25H35N3O2/c1-5-7-13-27(14-8-6-2)21-11-12-22(24(16-21)30-18-20(4)29)23-17-28-15-9-10-19(3)25(28)26-23/h9-12,15-17,20,29H,5-8,13-14,18H2,1-4H3. The molecule has 162 valence electrons. The van der Waals surface area contributed by atoms with Crippen molar-refractivity contribution in [1.29, 1.82) is 0 Å². The second-order valence-corrected chi connectivity index (χ2v) is 8.08. The maximum Gasteiger partial charge on any atom is 0.140 e. The number of imidazole rings is 1. The summed E-state index contributed by atoms with van der Waals surface area (Å²) in [5.74, 6) is 0.771. The maximum atomic E-state index is 9.78. The molecule has 0 aliphatic rings. The summed E-state index contributed by atoms with van der Waals surface area (Å²) in [5, 5.41) is 9.78. The Balaban J connectivity index is 1.99. The summed E-state index contributed by atoms with van der Waals surface area (Å²) in [6, 6.07) is 10.5. The van der Waals surface area contributed by atoms with E-state index in [4.69, 9.17) is 9.72 Å². The van der Waals surface area contributed by atoms with Crippen molar-refractivity contribution in [2.75, 3.05) is 24.6 Å². The van der Waals surface area contributed by atoms with E-state index in [1.807, 2.05) is 22.9 Å². The Morgan fingerprint density at radius 1 is 1.13 bits per heavy atom. The molecular weight excluding hydrogens is 374 g/mol. The van der Waals surface area contributed by atoms with Gasteiger partial charge >= 0.3 is 0 Å². The first-order valence-electron chi connectivity index (χ1n) is 11.2. The van der Waals surface area contributed by atoms with Gasteiger partial charge in [-0.2, -0.15) is 0 Å².